The molecule has 5 rings (SSSR count). The number of benzene rings is 2. The van der Waals surface area contributed by atoms with E-state index in [-0.39, 0.29) is 17.9 Å². The Bertz CT molecular complexity index is 1510. The molecule has 2 aromatic rings. The molecule has 3 amide bonds. The standard InChI is InChI=1S/C29H29N5O5/c1-16(35)30-21-12-10-17-14-24(37-2)26(38-3)27(39-4)25(17)19-11-13-22-23(15-20(19)21)33-28(32-22)34-29(36)31-18-8-6-5-7-9-18/h5-9,11,13-15,21H,10,12H2,1-4H3,(H,30,35)(H2,31,32,33,34,36)/t21-/m1/s1. The summed E-state index contributed by atoms with van der Waals surface area (Å²) in [6.45, 7) is 1.50. The number of para-hydroxylation sites is 1. The first-order valence-corrected chi connectivity index (χ1v) is 12.5. The second-order valence-corrected chi connectivity index (χ2v) is 9.08. The lowest BCUT2D eigenvalue weighted by atomic mass is 9.95. The van der Waals surface area contributed by atoms with E-state index in [4.69, 9.17) is 14.2 Å². The van der Waals surface area contributed by atoms with Crippen LogP contribution in [0.1, 0.15) is 30.5 Å². The van der Waals surface area contributed by atoms with Crippen LogP contribution in [0.2, 0.25) is 0 Å². The van der Waals surface area contributed by atoms with E-state index >= 15 is 0 Å². The normalized spacial score (nSPS) is 13.9. The molecule has 0 fully saturated rings. The Kier molecular flexibility index (Phi) is 7.18. The monoisotopic (exact) mass is 527 g/mol. The highest BCUT2D eigenvalue weighted by Gasteiger charge is 2.30. The number of nitrogens with one attached hydrogen (secondary N) is 3. The van der Waals surface area contributed by atoms with E-state index in [2.05, 4.69) is 25.9 Å². The third kappa shape index (κ3) is 5.13. The number of aryl methyl sites for hydroxylation is 1. The molecule has 0 saturated carbocycles. The van der Waals surface area contributed by atoms with Gasteiger partial charge in [0.1, 0.15) is 0 Å². The van der Waals surface area contributed by atoms with Gasteiger partial charge in [0, 0.05) is 18.2 Å². The number of amides is 3. The lowest BCUT2D eigenvalue weighted by Gasteiger charge is -2.19. The Balaban J connectivity index is 1.61. The van der Waals surface area contributed by atoms with Crippen molar-refractivity contribution in [1.82, 2.24) is 15.3 Å². The van der Waals surface area contributed by atoms with Crippen molar-refractivity contribution < 1.29 is 23.8 Å². The maximum absolute atomic E-state index is 12.5. The van der Waals surface area contributed by atoms with E-state index < -0.39 is 6.03 Å². The number of anilines is 2. The number of carbonyl (C=O) groups is 2. The summed E-state index contributed by atoms with van der Waals surface area (Å²) in [6, 6.07) is 16.0. The number of hydrogen-bond acceptors (Lipinski definition) is 7. The molecule has 0 bridgehead atoms. The van der Waals surface area contributed by atoms with Crippen LogP contribution in [0.5, 0.6) is 17.2 Å². The summed E-state index contributed by atoms with van der Waals surface area (Å²) in [7, 11) is 4.75. The molecular formula is C29H29N5O5. The van der Waals surface area contributed by atoms with Crippen molar-refractivity contribution >= 4 is 23.6 Å². The van der Waals surface area contributed by atoms with E-state index in [1.54, 1.807) is 33.5 Å². The number of urea groups is 1. The van der Waals surface area contributed by atoms with Gasteiger partial charge in [0.15, 0.2) is 11.5 Å². The van der Waals surface area contributed by atoms with Crippen molar-refractivity contribution in [3.8, 4) is 39.8 Å². The number of fused-ring (bicyclic) bond motifs is 4. The number of imidazole rings is 1. The largest absolute Gasteiger partial charge is 0.493 e. The minimum atomic E-state index is -0.449. The maximum Gasteiger partial charge on any atom is 0.326 e. The van der Waals surface area contributed by atoms with E-state index in [0.717, 1.165) is 22.3 Å². The fraction of sp³-hybridized carbons (Fsp3) is 0.241. The van der Waals surface area contributed by atoms with Crippen LogP contribution in [0, 0.1) is 0 Å². The quantitative estimate of drug-likeness (QED) is 0.321. The highest BCUT2D eigenvalue weighted by atomic mass is 16.5. The van der Waals surface area contributed by atoms with Crippen LogP contribution in [0.4, 0.5) is 16.4 Å². The molecule has 2 aliphatic carbocycles. The van der Waals surface area contributed by atoms with Gasteiger partial charge in [-0.1, -0.05) is 24.3 Å². The van der Waals surface area contributed by atoms with Crippen LogP contribution in [-0.4, -0.2) is 43.2 Å². The molecule has 0 unspecified atom stereocenters. The highest BCUT2D eigenvalue weighted by molar-refractivity contribution is 5.99. The van der Waals surface area contributed by atoms with Gasteiger partial charge in [-0.15, -0.1) is 0 Å². The SMILES string of the molecule is COc1cc2c(c(OC)c1OC)-c1ccc3nc(NC(=O)Nc4ccccc4)nc-3cc1[C@H](NC(C)=O)CC2. The molecule has 10 heteroatoms. The van der Waals surface area contributed by atoms with Crippen molar-refractivity contribution in [3.05, 3.63) is 65.7 Å². The van der Waals surface area contributed by atoms with Crippen LogP contribution in [0.15, 0.2) is 54.6 Å². The van der Waals surface area contributed by atoms with E-state index in [1.165, 1.54) is 6.92 Å². The number of hydrogen-bond donors (Lipinski definition) is 3. The zero-order valence-corrected chi connectivity index (χ0v) is 22.1. The maximum atomic E-state index is 12.5. The Morgan fingerprint density at radius 2 is 1.62 bits per heavy atom. The number of aromatic nitrogens is 2. The predicted octanol–water partition coefficient (Wildman–Crippen LogP) is 5.04. The Morgan fingerprint density at radius 1 is 0.872 bits per heavy atom. The van der Waals surface area contributed by atoms with Gasteiger partial charge in [-0.05, 0) is 59.9 Å². The summed E-state index contributed by atoms with van der Waals surface area (Å²) < 4.78 is 17.1. The summed E-state index contributed by atoms with van der Waals surface area (Å²) in [4.78, 5) is 33.8. The van der Waals surface area contributed by atoms with Gasteiger partial charge in [0.05, 0.1) is 38.8 Å². The summed E-state index contributed by atoms with van der Waals surface area (Å²) >= 11 is 0. The Labute approximate surface area is 226 Å². The smallest absolute Gasteiger partial charge is 0.326 e. The molecule has 2 aromatic carbocycles. The molecule has 3 aliphatic rings. The summed E-state index contributed by atoms with van der Waals surface area (Å²) in [5, 5.41) is 8.54. The van der Waals surface area contributed by atoms with Crippen molar-refractivity contribution in [2.75, 3.05) is 32.0 Å². The predicted molar refractivity (Wildman–Crippen MR) is 148 cm³/mol. The van der Waals surface area contributed by atoms with Gasteiger partial charge in [-0.3, -0.25) is 10.1 Å². The van der Waals surface area contributed by atoms with Gasteiger partial charge in [0.2, 0.25) is 17.6 Å². The van der Waals surface area contributed by atoms with Crippen molar-refractivity contribution in [3.63, 3.8) is 0 Å². The Hall–Kier alpha value is -4.86. The average molecular weight is 528 g/mol. The number of nitrogens with zero attached hydrogens (tertiary/aromatic N) is 2. The van der Waals surface area contributed by atoms with E-state index in [9.17, 15) is 9.59 Å². The molecule has 0 saturated heterocycles. The van der Waals surface area contributed by atoms with Crippen LogP contribution >= 0.6 is 0 Å². The minimum absolute atomic E-state index is 0.143. The lowest BCUT2D eigenvalue weighted by molar-refractivity contribution is -0.119. The molecule has 3 N–H and O–H groups in total. The first-order chi connectivity index (χ1) is 18.9. The topological polar surface area (TPSA) is 124 Å². The molecule has 10 nitrogen and oxygen atoms in total. The minimum Gasteiger partial charge on any atom is -0.493 e. The van der Waals surface area contributed by atoms with Crippen molar-refractivity contribution in [2.24, 2.45) is 0 Å². The number of ether oxygens (including phenoxy) is 3. The molecule has 1 heterocycles. The summed E-state index contributed by atoms with van der Waals surface area (Å²) in [5.74, 6) is 1.63. The first kappa shape index (κ1) is 25.8. The van der Waals surface area contributed by atoms with Gasteiger partial charge >= 0.3 is 6.03 Å². The fourth-order valence-corrected chi connectivity index (χ4v) is 4.99. The first-order valence-electron chi connectivity index (χ1n) is 12.5. The van der Waals surface area contributed by atoms with Crippen LogP contribution in [0.25, 0.3) is 22.5 Å². The van der Waals surface area contributed by atoms with Crippen LogP contribution in [0.3, 0.4) is 0 Å². The highest BCUT2D eigenvalue weighted by Crippen LogP contribution is 2.50. The third-order valence-corrected chi connectivity index (χ3v) is 6.62. The Morgan fingerprint density at radius 3 is 2.31 bits per heavy atom. The summed E-state index contributed by atoms with van der Waals surface area (Å²) in [6.07, 6.45) is 1.31. The van der Waals surface area contributed by atoms with Gasteiger partial charge < -0.3 is 24.8 Å². The lowest BCUT2D eigenvalue weighted by Crippen LogP contribution is -2.26. The van der Waals surface area contributed by atoms with Crippen LogP contribution in [-0.2, 0) is 11.2 Å². The van der Waals surface area contributed by atoms with E-state index in [1.807, 2.05) is 42.5 Å². The number of methoxy groups -OCH3 is 3. The average Bonchev–Trinajstić information content (AvgIpc) is 3.13. The third-order valence-electron chi connectivity index (χ3n) is 6.62. The molecule has 200 valence electrons. The second-order valence-electron chi connectivity index (χ2n) is 9.08. The molecule has 39 heavy (non-hydrogen) atoms. The van der Waals surface area contributed by atoms with Crippen LogP contribution < -0.4 is 30.2 Å². The van der Waals surface area contributed by atoms with E-state index in [0.29, 0.717) is 47.2 Å². The molecule has 1 atom stereocenters. The second kappa shape index (κ2) is 10.9. The van der Waals surface area contributed by atoms with Gasteiger partial charge in [-0.25, -0.2) is 14.8 Å². The summed E-state index contributed by atoms with van der Waals surface area (Å²) in [5.41, 5.74) is 5.38. The molecule has 1 aliphatic heterocycles. The molecular weight excluding hydrogens is 498 g/mol. The molecule has 0 aromatic heterocycles. The number of rotatable bonds is 6. The fourth-order valence-electron chi connectivity index (χ4n) is 4.99. The van der Waals surface area contributed by atoms with Crippen molar-refractivity contribution in [2.45, 2.75) is 25.8 Å². The van der Waals surface area contributed by atoms with Gasteiger partial charge in [0.25, 0.3) is 0 Å². The van der Waals surface area contributed by atoms with Gasteiger partial charge in [-0.2, -0.15) is 0 Å². The molecule has 0 radical (unpaired) electrons. The van der Waals surface area contributed by atoms with Crippen molar-refractivity contribution in [1.29, 1.82) is 0 Å². The zero-order valence-electron chi connectivity index (χ0n) is 22.1. The number of carbonyl (C=O) groups excluding carboxylic acids is 2. The molecule has 0 spiro atoms. The zero-order chi connectivity index (χ0) is 27.5.